The van der Waals surface area contributed by atoms with Gasteiger partial charge in [0, 0.05) is 17.1 Å². The van der Waals surface area contributed by atoms with Crippen LogP contribution in [0.5, 0.6) is 5.75 Å². The lowest BCUT2D eigenvalue weighted by atomic mass is 9.75. The van der Waals surface area contributed by atoms with Crippen LogP contribution in [0.1, 0.15) is 20.3 Å². The Morgan fingerprint density at radius 3 is 2.80 bits per heavy atom. The van der Waals surface area contributed by atoms with E-state index in [0.29, 0.717) is 5.92 Å². The van der Waals surface area contributed by atoms with Crippen molar-refractivity contribution in [3.8, 4) is 5.75 Å². The Labute approximate surface area is 128 Å². The normalized spacial score (nSPS) is 22.1. The van der Waals surface area contributed by atoms with Gasteiger partial charge in [0.1, 0.15) is 5.75 Å². The van der Waals surface area contributed by atoms with Gasteiger partial charge in [0.15, 0.2) is 0 Å². The van der Waals surface area contributed by atoms with E-state index in [0.717, 1.165) is 35.4 Å². The number of rotatable bonds is 4. The molecule has 1 atom stereocenters. The molecule has 0 bridgehead atoms. The van der Waals surface area contributed by atoms with Crippen molar-refractivity contribution in [2.75, 3.05) is 25.5 Å². The highest BCUT2D eigenvalue weighted by Crippen LogP contribution is 2.36. The van der Waals surface area contributed by atoms with Crippen molar-refractivity contribution in [1.82, 2.24) is 5.32 Å². The maximum atomic E-state index is 12.7. The fourth-order valence-electron chi connectivity index (χ4n) is 2.63. The van der Waals surface area contributed by atoms with E-state index >= 15 is 0 Å². The molecule has 1 amide bonds. The molecule has 0 saturated carbocycles. The van der Waals surface area contributed by atoms with Crippen LogP contribution in [-0.4, -0.2) is 26.1 Å². The third-order valence-electron chi connectivity index (χ3n) is 4.17. The van der Waals surface area contributed by atoms with E-state index in [1.165, 1.54) is 0 Å². The van der Waals surface area contributed by atoms with Crippen LogP contribution in [-0.2, 0) is 4.79 Å². The Balaban J connectivity index is 2.22. The first-order valence-electron chi connectivity index (χ1n) is 6.85. The number of carbonyl (C=O) groups excluding carboxylic acids is 1. The van der Waals surface area contributed by atoms with Crippen molar-refractivity contribution < 1.29 is 9.53 Å². The average molecular weight is 341 g/mol. The van der Waals surface area contributed by atoms with Gasteiger partial charge in [-0.3, -0.25) is 4.79 Å². The van der Waals surface area contributed by atoms with Crippen LogP contribution in [0.25, 0.3) is 0 Å². The van der Waals surface area contributed by atoms with Crippen LogP contribution < -0.4 is 15.4 Å². The zero-order valence-electron chi connectivity index (χ0n) is 12.1. The lowest BCUT2D eigenvalue weighted by Crippen LogP contribution is -2.42. The second-order valence-electron chi connectivity index (χ2n) is 5.54. The van der Waals surface area contributed by atoms with Gasteiger partial charge in [0.2, 0.25) is 5.91 Å². The number of benzene rings is 1. The quantitative estimate of drug-likeness (QED) is 0.885. The van der Waals surface area contributed by atoms with Gasteiger partial charge in [-0.25, -0.2) is 0 Å². The molecule has 4 nitrogen and oxygen atoms in total. The second kappa shape index (κ2) is 6.14. The third kappa shape index (κ3) is 2.83. The lowest BCUT2D eigenvalue weighted by molar-refractivity contribution is -0.126. The standard InChI is InChI=1S/C15H21BrN2O2/c1-10(2)15(6-7-17-9-15)14(19)18-13-8-11(20-3)4-5-12(13)16/h4-5,8,10,17H,6-7,9H2,1-3H3,(H,18,19). The number of ether oxygens (including phenoxy) is 1. The molecule has 1 fully saturated rings. The molecule has 2 N–H and O–H groups in total. The largest absolute Gasteiger partial charge is 0.497 e. The highest BCUT2D eigenvalue weighted by atomic mass is 79.9. The van der Waals surface area contributed by atoms with Crippen molar-refractivity contribution in [3.63, 3.8) is 0 Å². The molecular weight excluding hydrogens is 320 g/mol. The number of hydrogen-bond donors (Lipinski definition) is 2. The van der Waals surface area contributed by atoms with Crippen molar-refractivity contribution in [3.05, 3.63) is 22.7 Å². The van der Waals surface area contributed by atoms with E-state index in [1.807, 2.05) is 18.2 Å². The van der Waals surface area contributed by atoms with Crippen molar-refractivity contribution in [2.45, 2.75) is 20.3 Å². The first-order valence-corrected chi connectivity index (χ1v) is 7.64. The molecule has 1 aliphatic rings. The Morgan fingerprint density at radius 2 is 2.25 bits per heavy atom. The molecular formula is C15H21BrN2O2. The predicted molar refractivity (Wildman–Crippen MR) is 84.1 cm³/mol. The van der Waals surface area contributed by atoms with E-state index in [9.17, 15) is 4.79 Å². The summed E-state index contributed by atoms with van der Waals surface area (Å²) >= 11 is 3.47. The third-order valence-corrected chi connectivity index (χ3v) is 4.86. The lowest BCUT2D eigenvalue weighted by Gasteiger charge is -2.31. The summed E-state index contributed by atoms with van der Waals surface area (Å²) in [6.07, 6.45) is 0.873. The Bertz CT molecular complexity index is 497. The minimum absolute atomic E-state index is 0.0754. The molecule has 0 aliphatic carbocycles. The van der Waals surface area contributed by atoms with Gasteiger partial charge in [0.05, 0.1) is 18.2 Å². The first kappa shape index (κ1) is 15.3. The van der Waals surface area contributed by atoms with Gasteiger partial charge in [0.25, 0.3) is 0 Å². The molecule has 0 spiro atoms. The van der Waals surface area contributed by atoms with Gasteiger partial charge in [-0.05, 0) is 46.9 Å². The minimum atomic E-state index is -0.331. The maximum absolute atomic E-state index is 12.7. The summed E-state index contributed by atoms with van der Waals surface area (Å²) < 4.78 is 6.06. The molecule has 1 aliphatic heterocycles. The predicted octanol–water partition coefficient (Wildman–Crippen LogP) is 3.03. The van der Waals surface area contributed by atoms with Crippen LogP contribution in [0.3, 0.4) is 0 Å². The number of hydrogen-bond acceptors (Lipinski definition) is 3. The summed E-state index contributed by atoms with van der Waals surface area (Å²) in [5, 5.41) is 6.34. The molecule has 2 rings (SSSR count). The molecule has 1 aromatic rings. The monoisotopic (exact) mass is 340 g/mol. The second-order valence-corrected chi connectivity index (χ2v) is 6.39. The van der Waals surface area contributed by atoms with E-state index in [4.69, 9.17) is 4.74 Å². The number of amides is 1. The average Bonchev–Trinajstić information content (AvgIpc) is 2.92. The maximum Gasteiger partial charge on any atom is 0.232 e. The molecule has 0 aromatic heterocycles. The Kier molecular flexibility index (Phi) is 4.70. The summed E-state index contributed by atoms with van der Waals surface area (Å²) in [5.41, 5.74) is 0.420. The van der Waals surface area contributed by atoms with Crippen LogP contribution in [0, 0.1) is 11.3 Å². The van der Waals surface area contributed by atoms with Crippen LogP contribution >= 0.6 is 15.9 Å². The Morgan fingerprint density at radius 1 is 1.50 bits per heavy atom. The van der Waals surface area contributed by atoms with Gasteiger partial charge < -0.3 is 15.4 Å². The molecule has 1 saturated heterocycles. The molecule has 1 heterocycles. The summed E-state index contributed by atoms with van der Waals surface area (Å²) in [7, 11) is 1.62. The number of carbonyl (C=O) groups is 1. The molecule has 110 valence electrons. The Hall–Kier alpha value is -1.07. The highest BCUT2D eigenvalue weighted by molar-refractivity contribution is 9.10. The van der Waals surface area contributed by atoms with Crippen LogP contribution in [0.4, 0.5) is 5.69 Å². The SMILES string of the molecule is COc1ccc(Br)c(NC(=O)C2(C(C)C)CCNC2)c1. The number of nitrogens with one attached hydrogen (secondary N) is 2. The van der Waals surface area contributed by atoms with Gasteiger partial charge >= 0.3 is 0 Å². The van der Waals surface area contributed by atoms with E-state index in [2.05, 4.69) is 40.4 Å². The first-order chi connectivity index (χ1) is 9.49. The van der Waals surface area contributed by atoms with E-state index in [-0.39, 0.29) is 11.3 Å². The molecule has 1 aromatic carbocycles. The van der Waals surface area contributed by atoms with Gasteiger partial charge in [-0.15, -0.1) is 0 Å². The summed E-state index contributed by atoms with van der Waals surface area (Å²) in [6, 6.07) is 5.57. The zero-order valence-corrected chi connectivity index (χ0v) is 13.7. The van der Waals surface area contributed by atoms with Gasteiger partial charge in [-0.1, -0.05) is 13.8 Å². The van der Waals surface area contributed by atoms with E-state index < -0.39 is 0 Å². The van der Waals surface area contributed by atoms with Crippen molar-refractivity contribution >= 4 is 27.5 Å². The molecule has 5 heteroatoms. The topological polar surface area (TPSA) is 50.4 Å². The van der Waals surface area contributed by atoms with Crippen molar-refractivity contribution in [2.24, 2.45) is 11.3 Å². The number of anilines is 1. The smallest absolute Gasteiger partial charge is 0.232 e. The summed E-state index contributed by atoms with van der Waals surface area (Å²) in [5.74, 6) is 1.10. The number of halogens is 1. The molecule has 0 radical (unpaired) electrons. The molecule has 20 heavy (non-hydrogen) atoms. The van der Waals surface area contributed by atoms with Crippen LogP contribution in [0.15, 0.2) is 22.7 Å². The minimum Gasteiger partial charge on any atom is -0.497 e. The zero-order chi connectivity index (χ0) is 14.8. The van der Waals surface area contributed by atoms with Crippen molar-refractivity contribution in [1.29, 1.82) is 0 Å². The highest BCUT2D eigenvalue weighted by Gasteiger charge is 2.43. The van der Waals surface area contributed by atoms with E-state index in [1.54, 1.807) is 7.11 Å². The fraction of sp³-hybridized carbons (Fsp3) is 0.533. The summed E-state index contributed by atoms with van der Waals surface area (Å²) in [4.78, 5) is 12.7. The fourth-order valence-corrected chi connectivity index (χ4v) is 2.98. The van der Waals surface area contributed by atoms with Crippen LogP contribution in [0.2, 0.25) is 0 Å². The summed E-state index contributed by atoms with van der Waals surface area (Å²) in [6.45, 7) is 5.84. The number of methoxy groups -OCH3 is 1. The van der Waals surface area contributed by atoms with Gasteiger partial charge in [-0.2, -0.15) is 0 Å². The molecule has 1 unspecified atom stereocenters.